The van der Waals surface area contributed by atoms with Crippen LogP contribution in [0.5, 0.6) is 0 Å². The van der Waals surface area contributed by atoms with Gasteiger partial charge in [-0.3, -0.25) is 14.9 Å². The smallest absolute Gasteiger partial charge is 0.322 e. The average Bonchev–Trinajstić information content (AvgIpc) is 3.12. The molecule has 0 radical (unpaired) electrons. The molecule has 3 rings (SSSR count). The minimum Gasteiger partial charge on any atom is -0.339 e. The van der Waals surface area contributed by atoms with E-state index in [-0.39, 0.29) is 30.2 Å². The first-order chi connectivity index (χ1) is 11.5. The quantitative estimate of drug-likeness (QED) is 0.824. The zero-order valence-electron chi connectivity index (χ0n) is 14.0. The second kappa shape index (κ2) is 6.26. The number of amides is 4. The first-order valence-corrected chi connectivity index (χ1v) is 8.44. The van der Waals surface area contributed by atoms with Crippen LogP contribution in [-0.4, -0.2) is 41.4 Å². The fourth-order valence-electron chi connectivity index (χ4n) is 3.62. The van der Waals surface area contributed by atoms with Crippen molar-refractivity contribution in [2.45, 2.75) is 38.1 Å². The summed E-state index contributed by atoms with van der Waals surface area (Å²) in [5.74, 6) is -0.334. The number of imide groups is 1. The van der Waals surface area contributed by atoms with E-state index in [0.717, 1.165) is 12.0 Å². The third kappa shape index (κ3) is 2.77. The van der Waals surface area contributed by atoms with Gasteiger partial charge in [-0.05, 0) is 17.9 Å². The van der Waals surface area contributed by atoms with Crippen LogP contribution in [0.15, 0.2) is 30.3 Å². The Morgan fingerprint density at radius 1 is 1.29 bits per heavy atom. The van der Waals surface area contributed by atoms with Crippen LogP contribution >= 0.6 is 0 Å². The molecule has 1 spiro atoms. The van der Waals surface area contributed by atoms with Crippen molar-refractivity contribution in [2.75, 3.05) is 13.1 Å². The normalized spacial score (nSPS) is 25.5. The van der Waals surface area contributed by atoms with Crippen LogP contribution in [-0.2, 0) is 9.59 Å². The molecule has 1 aromatic carbocycles. The molecule has 0 aliphatic carbocycles. The molecule has 0 bridgehead atoms. The lowest BCUT2D eigenvalue weighted by atomic mass is 9.84. The van der Waals surface area contributed by atoms with E-state index in [2.05, 4.69) is 24.5 Å². The maximum Gasteiger partial charge on any atom is 0.322 e. The van der Waals surface area contributed by atoms with Gasteiger partial charge in [-0.1, -0.05) is 50.6 Å². The molecule has 2 saturated heterocycles. The average molecular weight is 329 g/mol. The van der Waals surface area contributed by atoms with Gasteiger partial charge in [0.05, 0.1) is 12.5 Å². The summed E-state index contributed by atoms with van der Waals surface area (Å²) in [7, 11) is 0. The van der Waals surface area contributed by atoms with Gasteiger partial charge in [-0.15, -0.1) is 0 Å². The summed E-state index contributed by atoms with van der Waals surface area (Å²) in [5.41, 5.74) is 0.0430. The van der Waals surface area contributed by atoms with Crippen molar-refractivity contribution in [2.24, 2.45) is 5.92 Å². The summed E-state index contributed by atoms with van der Waals surface area (Å²) in [6, 6.07) is 9.29. The van der Waals surface area contributed by atoms with E-state index < -0.39 is 11.6 Å². The molecule has 2 N–H and O–H groups in total. The van der Waals surface area contributed by atoms with Crippen molar-refractivity contribution in [3.8, 4) is 0 Å². The Labute approximate surface area is 141 Å². The SMILES string of the molecule is CCC(C)C(C(=O)N1CCC2(C1)NC(=O)NC2=O)c1ccccc1. The van der Waals surface area contributed by atoms with E-state index in [0.29, 0.717) is 13.0 Å². The standard InChI is InChI=1S/C18H23N3O3/c1-3-12(2)14(13-7-5-4-6-8-13)15(22)21-10-9-18(11-21)16(23)19-17(24)20-18/h4-8,12,14H,3,9-11H2,1-2H3,(H2,19,20,23,24). The summed E-state index contributed by atoms with van der Waals surface area (Å²) in [6.45, 7) is 4.87. The maximum absolute atomic E-state index is 13.2. The highest BCUT2D eigenvalue weighted by Crippen LogP contribution is 2.33. The number of carbonyl (C=O) groups is 3. The highest BCUT2D eigenvalue weighted by Gasteiger charge is 2.52. The van der Waals surface area contributed by atoms with Crippen LogP contribution in [0.3, 0.4) is 0 Å². The second-order valence-corrected chi connectivity index (χ2v) is 6.77. The molecule has 0 saturated carbocycles. The molecule has 4 amide bonds. The molecule has 1 aromatic rings. The number of likely N-dealkylation sites (tertiary alicyclic amines) is 1. The Morgan fingerprint density at radius 3 is 2.58 bits per heavy atom. The summed E-state index contributed by atoms with van der Waals surface area (Å²) >= 11 is 0. The van der Waals surface area contributed by atoms with Crippen LogP contribution in [0.25, 0.3) is 0 Å². The van der Waals surface area contributed by atoms with E-state index in [1.165, 1.54) is 0 Å². The van der Waals surface area contributed by atoms with Crippen LogP contribution in [0.4, 0.5) is 4.79 Å². The lowest BCUT2D eigenvalue weighted by Crippen LogP contribution is -2.50. The van der Waals surface area contributed by atoms with Gasteiger partial charge in [-0.2, -0.15) is 0 Å². The monoisotopic (exact) mass is 329 g/mol. The second-order valence-electron chi connectivity index (χ2n) is 6.77. The van der Waals surface area contributed by atoms with Crippen LogP contribution in [0.1, 0.15) is 38.2 Å². The van der Waals surface area contributed by atoms with E-state index in [4.69, 9.17) is 0 Å². The third-order valence-corrected chi connectivity index (χ3v) is 5.23. The van der Waals surface area contributed by atoms with Crippen molar-refractivity contribution in [3.05, 3.63) is 35.9 Å². The molecule has 0 aromatic heterocycles. The third-order valence-electron chi connectivity index (χ3n) is 5.23. The lowest BCUT2D eigenvalue weighted by molar-refractivity contribution is -0.133. The molecule has 128 valence electrons. The molecule has 2 heterocycles. The molecular weight excluding hydrogens is 306 g/mol. The van der Waals surface area contributed by atoms with Gasteiger partial charge < -0.3 is 10.2 Å². The number of urea groups is 1. The summed E-state index contributed by atoms with van der Waals surface area (Å²) in [6.07, 6.45) is 1.35. The summed E-state index contributed by atoms with van der Waals surface area (Å²) < 4.78 is 0. The largest absolute Gasteiger partial charge is 0.339 e. The molecule has 2 fully saturated rings. The topological polar surface area (TPSA) is 78.5 Å². The Balaban J connectivity index is 1.82. The Kier molecular flexibility index (Phi) is 4.30. The van der Waals surface area contributed by atoms with E-state index >= 15 is 0 Å². The summed E-state index contributed by atoms with van der Waals surface area (Å²) in [4.78, 5) is 38.4. The van der Waals surface area contributed by atoms with Gasteiger partial charge in [0, 0.05) is 6.54 Å². The Bertz CT molecular complexity index is 661. The van der Waals surface area contributed by atoms with Gasteiger partial charge in [0.15, 0.2) is 0 Å². The fraction of sp³-hybridized carbons (Fsp3) is 0.500. The lowest BCUT2D eigenvalue weighted by Gasteiger charge is -2.28. The zero-order chi connectivity index (χ0) is 17.3. The van der Waals surface area contributed by atoms with E-state index in [9.17, 15) is 14.4 Å². The van der Waals surface area contributed by atoms with E-state index in [1.54, 1.807) is 4.90 Å². The molecule has 6 nitrogen and oxygen atoms in total. The highest BCUT2D eigenvalue weighted by molar-refractivity contribution is 6.07. The number of carbonyl (C=O) groups excluding carboxylic acids is 3. The number of nitrogens with zero attached hydrogens (tertiary/aromatic N) is 1. The maximum atomic E-state index is 13.2. The number of hydrogen-bond acceptors (Lipinski definition) is 3. The Hall–Kier alpha value is -2.37. The molecule has 6 heteroatoms. The molecule has 2 aliphatic heterocycles. The number of nitrogens with one attached hydrogen (secondary N) is 2. The predicted molar refractivity (Wildman–Crippen MR) is 89.2 cm³/mol. The van der Waals surface area contributed by atoms with Crippen molar-refractivity contribution in [1.29, 1.82) is 0 Å². The van der Waals surface area contributed by atoms with Crippen LogP contribution in [0, 0.1) is 5.92 Å². The minimum absolute atomic E-state index is 0.0290. The number of benzene rings is 1. The first kappa shape index (κ1) is 16.5. The van der Waals surface area contributed by atoms with Gasteiger partial charge >= 0.3 is 6.03 Å². The molecule has 3 unspecified atom stereocenters. The van der Waals surface area contributed by atoms with Gasteiger partial charge in [0.1, 0.15) is 5.54 Å². The van der Waals surface area contributed by atoms with Gasteiger partial charge in [0.25, 0.3) is 5.91 Å². The number of rotatable bonds is 4. The molecular formula is C18H23N3O3. The first-order valence-electron chi connectivity index (χ1n) is 8.44. The van der Waals surface area contributed by atoms with E-state index in [1.807, 2.05) is 30.3 Å². The molecule has 2 aliphatic rings. The molecule has 3 atom stereocenters. The van der Waals surface area contributed by atoms with Crippen LogP contribution in [0.2, 0.25) is 0 Å². The zero-order valence-corrected chi connectivity index (χ0v) is 14.0. The molecule has 24 heavy (non-hydrogen) atoms. The predicted octanol–water partition coefficient (Wildman–Crippen LogP) is 1.63. The summed E-state index contributed by atoms with van der Waals surface area (Å²) in [5, 5.41) is 4.97. The minimum atomic E-state index is -0.955. The van der Waals surface area contributed by atoms with Crippen molar-refractivity contribution in [3.63, 3.8) is 0 Å². The highest BCUT2D eigenvalue weighted by atomic mass is 16.2. The van der Waals surface area contributed by atoms with Gasteiger partial charge in [-0.25, -0.2) is 4.79 Å². The van der Waals surface area contributed by atoms with Crippen molar-refractivity contribution < 1.29 is 14.4 Å². The fourth-order valence-corrected chi connectivity index (χ4v) is 3.62. The van der Waals surface area contributed by atoms with Gasteiger partial charge in [0.2, 0.25) is 5.91 Å². The number of hydrogen-bond donors (Lipinski definition) is 2. The van der Waals surface area contributed by atoms with Crippen LogP contribution < -0.4 is 10.6 Å². The van der Waals surface area contributed by atoms with Crippen molar-refractivity contribution in [1.82, 2.24) is 15.5 Å². The van der Waals surface area contributed by atoms with Crippen molar-refractivity contribution >= 4 is 17.8 Å². The Morgan fingerprint density at radius 2 is 2.00 bits per heavy atom.